The monoisotopic (exact) mass is 391 g/mol. The van der Waals surface area contributed by atoms with Crippen molar-refractivity contribution in [1.29, 1.82) is 0 Å². The van der Waals surface area contributed by atoms with E-state index in [0.717, 1.165) is 16.8 Å². The summed E-state index contributed by atoms with van der Waals surface area (Å²) in [6, 6.07) is 18.3. The molecule has 0 spiro atoms. The average molecular weight is 391 g/mol. The predicted molar refractivity (Wildman–Crippen MR) is 110 cm³/mol. The van der Waals surface area contributed by atoms with Crippen molar-refractivity contribution in [3.8, 4) is 0 Å². The van der Waals surface area contributed by atoms with Crippen LogP contribution in [-0.2, 0) is 17.8 Å². The van der Waals surface area contributed by atoms with E-state index < -0.39 is 0 Å². The van der Waals surface area contributed by atoms with E-state index in [-0.39, 0.29) is 30.2 Å². The Labute approximate surface area is 166 Å². The van der Waals surface area contributed by atoms with Gasteiger partial charge in [-0.3, -0.25) is 14.7 Å². The predicted octanol–water partition coefficient (Wildman–Crippen LogP) is 4.91. The number of aromatic nitrogens is 2. The van der Waals surface area contributed by atoms with Gasteiger partial charge in [-0.2, -0.15) is 0 Å². The largest absolute Gasteiger partial charge is 0.282 e. The van der Waals surface area contributed by atoms with Crippen molar-refractivity contribution < 1.29 is 9.18 Å². The van der Waals surface area contributed by atoms with E-state index in [9.17, 15) is 9.18 Å². The Hall–Kier alpha value is -3.12. The number of carbonyl (C=O) groups is 1. The molecule has 2 heterocycles. The quantitative estimate of drug-likeness (QED) is 0.485. The second kappa shape index (κ2) is 7.86. The zero-order valence-electron chi connectivity index (χ0n) is 15.3. The third-order valence-corrected chi connectivity index (χ3v) is 5.46. The number of pyridine rings is 1. The van der Waals surface area contributed by atoms with E-state index in [1.807, 2.05) is 55.5 Å². The maximum atomic E-state index is 14.1. The zero-order valence-corrected chi connectivity index (χ0v) is 16.1. The lowest BCUT2D eigenvalue weighted by atomic mass is 10.1. The van der Waals surface area contributed by atoms with Gasteiger partial charge >= 0.3 is 0 Å². The first-order valence-electron chi connectivity index (χ1n) is 8.91. The van der Waals surface area contributed by atoms with Gasteiger partial charge in [-0.05, 0) is 36.8 Å². The molecule has 140 valence electrons. The summed E-state index contributed by atoms with van der Waals surface area (Å²) in [6.07, 6.45) is 1.93. The van der Waals surface area contributed by atoms with Crippen molar-refractivity contribution in [2.45, 2.75) is 19.9 Å². The van der Waals surface area contributed by atoms with Crippen LogP contribution in [0.15, 0.2) is 66.9 Å². The molecule has 2 aromatic carbocycles. The summed E-state index contributed by atoms with van der Waals surface area (Å²) in [6.45, 7) is 2.29. The molecular formula is C22H18FN3OS. The van der Waals surface area contributed by atoms with Crippen molar-refractivity contribution in [3.63, 3.8) is 0 Å². The molecule has 0 aliphatic carbocycles. The maximum Gasteiger partial charge on any atom is 0.233 e. The fraction of sp³-hybridized carbons (Fsp3) is 0.136. The van der Waals surface area contributed by atoms with Gasteiger partial charge in [0.25, 0.3) is 0 Å². The molecule has 4 aromatic rings. The Kier molecular flexibility index (Phi) is 5.12. The van der Waals surface area contributed by atoms with Crippen LogP contribution in [0.4, 0.5) is 9.52 Å². The molecule has 4 nitrogen and oxygen atoms in total. The number of amides is 1. The fourth-order valence-corrected chi connectivity index (χ4v) is 3.91. The van der Waals surface area contributed by atoms with Gasteiger partial charge in [0.2, 0.25) is 5.91 Å². The molecule has 0 bridgehead atoms. The number of nitrogens with zero attached hydrogens (tertiary/aromatic N) is 3. The first-order valence-corrected chi connectivity index (χ1v) is 9.73. The van der Waals surface area contributed by atoms with Crippen LogP contribution in [0, 0.1) is 12.7 Å². The van der Waals surface area contributed by atoms with Gasteiger partial charge in [0.15, 0.2) is 5.13 Å². The maximum absolute atomic E-state index is 14.1. The van der Waals surface area contributed by atoms with Crippen LogP contribution in [0.25, 0.3) is 10.2 Å². The summed E-state index contributed by atoms with van der Waals surface area (Å²) in [4.78, 5) is 23.5. The number of aryl methyl sites for hydroxylation is 1. The molecule has 0 aliphatic rings. The normalized spacial score (nSPS) is 10.9. The van der Waals surface area contributed by atoms with Gasteiger partial charge in [-0.25, -0.2) is 9.37 Å². The molecule has 0 radical (unpaired) electrons. The number of fused-ring (bicyclic) bond motifs is 1. The number of thiazole rings is 1. The van der Waals surface area contributed by atoms with Crippen molar-refractivity contribution in [2.75, 3.05) is 4.90 Å². The van der Waals surface area contributed by atoms with Crippen LogP contribution >= 0.6 is 11.3 Å². The highest BCUT2D eigenvalue weighted by molar-refractivity contribution is 7.22. The van der Waals surface area contributed by atoms with Crippen LogP contribution in [0.3, 0.4) is 0 Å². The summed E-state index contributed by atoms with van der Waals surface area (Å²) < 4.78 is 14.8. The standard InChI is InChI=1S/C22H18FN3OS/c1-15-8-10-16(11-9-15)13-20(27)26(14-17-5-2-3-12-24-17)22-25-21-18(23)6-4-7-19(21)28-22/h2-12H,13-14H2,1H3. The number of hydrogen-bond acceptors (Lipinski definition) is 4. The molecule has 0 saturated heterocycles. The van der Waals surface area contributed by atoms with Gasteiger partial charge in [0.1, 0.15) is 11.3 Å². The molecule has 0 atom stereocenters. The van der Waals surface area contributed by atoms with Crippen molar-refractivity contribution in [2.24, 2.45) is 0 Å². The summed E-state index contributed by atoms with van der Waals surface area (Å²) in [5, 5.41) is 0.475. The van der Waals surface area contributed by atoms with Crippen LogP contribution in [0.5, 0.6) is 0 Å². The van der Waals surface area contributed by atoms with Gasteiger partial charge < -0.3 is 0 Å². The van der Waals surface area contributed by atoms with Crippen LogP contribution in [0.1, 0.15) is 16.8 Å². The van der Waals surface area contributed by atoms with Gasteiger partial charge in [0, 0.05) is 6.20 Å². The second-order valence-electron chi connectivity index (χ2n) is 6.55. The SMILES string of the molecule is Cc1ccc(CC(=O)N(Cc2ccccn2)c2nc3c(F)cccc3s2)cc1. The number of anilines is 1. The number of rotatable bonds is 5. The van der Waals surface area contributed by atoms with Crippen molar-refractivity contribution in [3.05, 3.63) is 89.5 Å². The Balaban J connectivity index is 1.69. The number of hydrogen-bond donors (Lipinski definition) is 0. The second-order valence-corrected chi connectivity index (χ2v) is 7.56. The van der Waals surface area contributed by atoms with E-state index in [0.29, 0.717) is 9.83 Å². The number of carbonyl (C=O) groups excluding carboxylic acids is 1. The minimum absolute atomic E-state index is 0.103. The molecule has 6 heteroatoms. The van der Waals surface area contributed by atoms with Gasteiger partial charge in [-0.15, -0.1) is 0 Å². The zero-order chi connectivity index (χ0) is 19.5. The van der Waals surface area contributed by atoms with E-state index in [1.54, 1.807) is 17.2 Å². The molecule has 0 fully saturated rings. The minimum Gasteiger partial charge on any atom is -0.282 e. The highest BCUT2D eigenvalue weighted by Gasteiger charge is 2.22. The molecule has 0 aliphatic heterocycles. The fourth-order valence-electron chi connectivity index (χ4n) is 2.91. The molecule has 4 rings (SSSR count). The van der Waals surface area contributed by atoms with E-state index in [1.165, 1.54) is 17.4 Å². The van der Waals surface area contributed by atoms with Gasteiger partial charge in [-0.1, -0.05) is 53.3 Å². The third-order valence-electron chi connectivity index (χ3n) is 4.41. The Morgan fingerprint density at radius 2 is 1.89 bits per heavy atom. The van der Waals surface area contributed by atoms with Gasteiger partial charge in [0.05, 0.1) is 23.4 Å². The molecular weight excluding hydrogens is 373 g/mol. The molecule has 0 saturated carbocycles. The summed E-state index contributed by atoms with van der Waals surface area (Å²) in [5.74, 6) is -0.488. The average Bonchev–Trinajstić information content (AvgIpc) is 3.14. The molecule has 28 heavy (non-hydrogen) atoms. The molecule has 0 N–H and O–H groups in total. The lowest BCUT2D eigenvalue weighted by Gasteiger charge is -2.19. The number of benzene rings is 2. The summed E-state index contributed by atoms with van der Waals surface area (Å²) in [5.41, 5.74) is 3.10. The summed E-state index contributed by atoms with van der Waals surface area (Å²) >= 11 is 1.31. The lowest BCUT2D eigenvalue weighted by molar-refractivity contribution is -0.118. The first-order chi connectivity index (χ1) is 13.6. The highest BCUT2D eigenvalue weighted by atomic mass is 32.1. The van der Waals surface area contributed by atoms with Crippen LogP contribution in [0.2, 0.25) is 0 Å². The van der Waals surface area contributed by atoms with Crippen molar-refractivity contribution in [1.82, 2.24) is 9.97 Å². The van der Waals surface area contributed by atoms with Crippen LogP contribution < -0.4 is 4.90 Å². The van der Waals surface area contributed by atoms with E-state index >= 15 is 0 Å². The number of halogens is 1. The highest BCUT2D eigenvalue weighted by Crippen LogP contribution is 2.31. The van der Waals surface area contributed by atoms with Crippen LogP contribution in [-0.4, -0.2) is 15.9 Å². The molecule has 1 amide bonds. The summed E-state index contributed by atoms with van der Waals surface area (Å²) in [7, 11) is 0. The Bertz CT molecular complexity index is 1110. The Morgan fingerprint density at radius 3 is 2.61 bits per heavy atom. The minimum atomic E-state index is -0.385. The third kappa shape index (κ3) is 3.92. The van der Waals surface area contributed by atoms with E-state index in [2.05, 4.69) is 9.97 Å². The lowest BCUT2D eigenvalue weighted by Crippen LogP contribution is -2.32. The first kappa shape index (κ1) is 18.3. The Morgan fingerprint density at radius 1 is 1.07 bits per heavy atom. The smallest absolute Gasteiger partial charge is 0.233 e. The topological polar surface area (TPSA) is 46.1 Å². The molecule has 2 aromatic heterocycles. The number of para-hydroxylation sites is 1. The molecule has 0 unspecified atom stereocenters. The van der Waals surface area contributed by atoms with Crippen molar-refractivity contribution >= 4 is 32.6 Å². The van der Waals surface area contributed by atoms with E-state index in [4.69, 9.17) is 0 Å².